The van der Waals surface area contributed by atoms with Crippen molar-refractivity contribution in [1.82, 2.24) is 9.88 Å². The lowest BCUT2D eigenvalue weighted by molar-refractivity contribution is -0.170. The summed E-state index contributed by atoms with van der Waals surface area (Å²) in [4.78, 5) is 18.1. The predicted molar refractivity (Wildman–Crippen MR) is 97.8 cm³/mol. The van der Waals surface area contributed by atoms with E-state index in [1.54, 1.807) is 20.4 Å². The van der Waals surface area contributed by atoms with Gasteiger partial charge in [-0.25, -0.2) is 0 Å². The third-order valence-electron chi connectivity index (χ3n) is 5.69. The first kappa shape index (κ1) is 20.1. The molecule has 0 radical (unpaired) electrons. The van der Waals surface area contributed by atoms with Crippen molar-refractivity contribution >= 4 is 18.3 Å². The molecule has 1 saturated heterocycles. The number of fused-ring (bicyclic) bond motifs is 2. The number of methoxy groups -OCH3 is 2. The van der Waals surface area contributed by atoms with Crippen molar-refractivity contribution < 1.29 is 14.3 Å². The average Bonchev–Trinajstić information content (AvgIpc) is 2.59. The smallest absolute Gasteiger partial charge is 0.267 e. The molecule has 0 spiro atoms. The minimum atomic E-state index is -0.495. The van der Waals surface area contributed by atoms with Crippen molar-refractivity contribution in [3.63, 3.8) is 0 Å². The number of carbonyl (C=O) groups is 1. The van der Waals surface area contributed by atoms with Gasteiger partial charge in [0.05, 0.1) is 6.61 Å². The highest BCUT2D eigenvalue weighted by Crippen LogP contribution is 2.51. The molecule has 2 N–H and O–H groups in total. The maximum atomic E-state index is 11.5. The number of hydrogen-bond acceptors (Lipinski definition) is 5. The molecule has 140 valence electrons. The summed E-state index contributed by atoms with van der Waals surface area (Å²) in [6.45, 7) is 3.68. The van der Waals surface area contributed by atoms with Gasteiger partial charge in [0.25, 0.3) is 5.91 Å². The van der Waals surface area contributed by atoms with Gasteiger partial charge in [0.2, 0.25) is 0 Å². The summed E-state index contributed by atoms with van der Waals surface area (Å²) in [5.74, 6) is 0.302. The minimum Gasteiger partial charge on any atom is -0.383 e. The van der Waals surface area contributed by atoms with Crippen LogP contribution in [0.5, 0.6) is 0 Å². The van der Waals surface area contributed by atoms with Crippen LogP contribution in [0.25, 0.3) is 0 Å². The van der Waals surface area contributed by atoms with Crippen molar-refractivity contribution in [3.8, 4) is 0 Å². The largest absolute Gasteiger partial charge is 0.383 e. The Kier molecular flexibility index (Phi) is 6.79. The number of likely N-dealkylation sites (tertiary alicyclic amines) is 1. The van der Waals surface area contributed by atoms with Crippen molar-refractivity contribution in [2.75, 3.05) is 40.5 Å². The fourth-order valence-corrected chi connectivity index (χ4v) is 4.66. The summed E-state index contributed by atoms with van der Waals surface area (Å²) in [5, 5.41) is 0. The van der Waals surface area contributed by atoms with Crippen LogP contribution in [-0.4, -0.2) is 56.3 Å². The molecule has 1 aromatic heterocycles. The number of amides is 1. The van der Waals surface area contributed by atoms with Crippen molar-refractivity contribution in [1.29, 1.82) is 0 Å². The molecule has 3 atom stereocenters. The van der Waals surface area contributed by atoms with Gasteiger partial charge in [0, 0.05) is 51.9 Å². The first-order valence-corrected chi connectivity index (χ1v) is 8.64. The van der Waals surface area contributed by atoms with Gasteiger partial charge in [-0.3, -0.25) is 9.78 Å². The van der Waals surface area contributed by atoms with Crippen LogP contribution in [0.15, 0.2) is 18.3 Å². The molecule has 1 amide bonds. The van der Waals surface area contributed by atoms with Crippen LogP contribution in [0.4, 0.5) is 0 Å². The minimum absolute atomic E-state index is 0. The third kappa shape index (κ3) is 3.67. The number of halogens is 1. The van der Waals surface area contributed by atoms with Gasteiger partial charge in [0.15, 0.2) is 0 Å². The zero-order chi connectivity index (χ0) is 17.2. The van der Waals surface area contributed by atoms with E-state index < -0.39 is 5.91 Å². The van der Waals surface area contributed by atoms with Gasteiger partial charge in [-0.2, -0.15) is 0 Å². The second kappa shape index (κ2) is 8.45. The lowest BCUT2D eigenvalue weighted by Gasteiger charge is -2.55. The van der Waals surface area contributed by atoms with Crippen LogP contribution in [-0.2, 0) is 15.1 Å². The molecule has 1 aliphatic heterocycles. The second-order valence-electron chi connectivity index (χ2n) is 6.87. The van der Waals surface area contributed by atoms with Gasteiger partial charge in [0.1, 0.15) is 11.3 Å². The number of nitrogens with zero attached hydrogens (tertiary/aromatic N) is 2. The van der Waals surface area contributed by atoms with E-state index in [2.05, 4.69) is 9.88 Å². The Morgan fingerprint density at radius 3 is 2.60 bits per heavy atom. The van der Waals surface area contributed by atoms with Gasteiger partial charge in [-0.15, -0.1) is 12.4 Å². The molecule has 7 heteroatoms. The number of primary amides is 1. The topological polar surface area (TPSA) is 77.7 Å². The maximum Gasteiger partial charge on any atom is 0.267 e. The first-order chi connectivity index (χ1) is 11.6. The number of pyridine rings is 1. The molecule has 2 aliphatic rings. The summed E-state index contributed by atoms with van der Waals surface area (Å²) in [6, 6.07) is 3.80. The Bertz CT molecular complexity index is 585. The highest BCUT2D eigenvalue weighted by Gasteiger charge is 2.53. The number of rotatable bonds is 6. The van der Waals surface area contributed by atoms with E-state index >= 15 is 0 Å². The molecule has 2 fully saturated rings. The molecule has 1 aromatic rings. The molecule has 3 rings (SSSR count). The van der Waals surface area contributed by atoms with Crippen molar-refractivity contribution in [2.45, 2.75) is 24.9 Å². The van der Waals surface area contributed by atoms with Crippen molar-refractivity contribution in [2.24, 2.45) is 17.6 Å². The molecule has 0 aromatic carbocycles. The summed E-state index contributed by atoms with van der Waals surface area (Å²) in [6.07, 6.45) is 5.15. The molecular weight excluding hydrogens is 342 g/mol. The van der Waals surface area contributed by atoms with E-state index in [9.17, 15) is 4.79 Å². The van der Waals surface area contributed by atoms with Gasteiger partial charge in [-0.05, 0) is 30.5 Å². The van der Waals surface area contributed by atoms with Crippen LogP contribution < -0.4 is 5.73 Å². The first-order valence-electron chi connectivity index (χ1n) is 8.64. The highest BCUT2D eigenvalue weighted by molar-refractivity contribution is 5.90. The SMILES string of the molecule is COCCN1C[C@H]2CCC[C@@H](C1)C2(OC)c1ccnc(C(N)=O)c1.Cl. The number of carbonyl (C=O) groups excluding carboxylic acids is 1. The molecular formula is C18H28ClN3O3. The Labute approximate surface area is 155 Å². The molecule has 2 heterocycles. The normalized spacial score (nSPS) is 29.0. The van der Waals surface area contributed by atoms with Crippen molar-refractivity contribution in [3.05, 3.63) is 29.6 Å². The molecule has 6 nitrogen and oxygen atoms in total. The molecule has 2 bridgehead atoms. The highest BCUT2D eigenvalue weighted by atomic mass is 35.5. The summed E-state index contributed by atoms with van der Waals surface area (Å²) in [7, 11) is 3.53. The molecule has 1 aliphatic carbocycles. The van der Waals surface area contributed by atoms with Gasteiger partial charge < -0.3 is 20.1 Å². The molecule has 1 saturated carbocycles. The zero-order valence-corrected chi connectivity index (χ0v) is 15.8. The molecule has 1 unspecified atom stereocenters. The van der Waals surface area contributed by atoms with E-state index in [1.807, 2.05) is 12.1 Å². The Hall–Kier alpha value is -1.21. The van der Waals surface area contributed by atoms with Crippen LogP contribution in [0.2, 0.25) is 0 Å². The lowest BCUT2D eigenvalue weighted by Crippen LogP contribution is -2.59. The number of piperidine rings is 1. The predicted octanol–water partition coefficient (Wildman–Crippen LogP) is 1.82. The standard InChI is InChI=1S/C18H27N3O3.ClH/c1-23-9-8-21-11-14-4-3-5-15(12-21)18(14,24-2)13-6-7-20-16(10-13)17(19)22;/h6-7,10,14-15H,3-5,8-9,11-12H2,1-2H3,(H2,19,22);1H/t14-,15+,18?;. The second-order valence-corrected chi connectivity index (χ2v) is 6.87. The van der Waals surface area contributed by atoms with E-state index in [-0.39, 0.29) is 18.0 Å². The van der Waals surface area contributed by atoms with E-state index in [4.69, 9.17) is 15.2 Å². The average molecular weight is 370 g/mol. The molecule has 25 heavy (non-hydrogen) atoms. The Balaban J connectivity index is 0.00000225. The third-order valence-corrected chi connectivity index (χ3v) is 5.69. The van der Waals surface area contributed by atoms with E-state index in [0.29, 0.717) is 17.5 Å². The lowest BCUT2D eigenvalue weighted by atomic mass is 9.62. The van der Waals surface area contributed by atoms with Crippen LogP contribution in [0, 0.1) is 11.8 Å². The van der Waals surface area contributed by atoms with Crippen LogP contribution >= 0.6 is 12.4 Å². The Morgan fingerprint density at radius 2 is 2.04 bits per heavy atom. The number of nitrogens with two attached hydrogens (primary N) is 1. The summed E-state index contributed by atoms with van der Waals surface area (Å²) >= 11 is 0. The summed E-state index contributed by atoms with van der Waals surface area (Å²) in [5.41, 5.74) is 6.42. The zero-order valence-electron chi connectivity index (χ0n) is 14.9. The number of ether oxygens (including phenoxy) is 2. The quantitative estimate of drug-likeness (QED) is 0.827. The number of hydrogen-bond donors (Lipinski definition) is 1. The fraction of sp³-hybridized carbons (Fsp3) is 0.667. The van der Waals surface area contributed by atoms with E-state index in [1.165, 1.54) is 6.42 Å². The van der Waals surface area contributed by atoms with E-state index in [0.717, 1.165) is 44.6 Å². The monoisotopic (exact) mass is 369 g/mol. The van der Waals surface area contributed by atoms with Crippen LogP contribution in [0.3, 0.4) is 0 Å². The maximum absolute atomic E-state index is 11.5. The van der Waals surface area contributed by atoms with Gasteiger partial charge in [-0.1, -0.05) is 6.42 Å². The van der Waals surface area contributed by atoms with Crippen LogP contribution in [0.1, 0.15) is 35.3 Å². The number of aromatic nitrogens is 1. The van der Waals surface area contributed by atoms with Gasteiger partial charge >= 0.3 is 0 Å². The Morgan fingerprint density at radius 1 is 1.36 bits per heavy atom. The summed E-state index contributed by atoms with van der Waals surface area (Å²) < 4.78 is 11.4. The fourth-order valence-electron chi connectivity index (χ4n) is 4.66.